The summed E-state index contributed by atoms with van der Waals surface area (Å²) in [4.78, 5) is 5.18. The Morgan fingerprint density at radius 3 is 2.52 bits per heavy atom. The van der Waals surface area contributed by atoms with Crippen LogP contribution >= 0.6 is 0 Å². The zero-order valence-corrected chi connectivity index (χ0v) is 15.1. The maximum atomic E-state index is 12.6. The molecule has 0 aliphatic rings. The Labute approximate surface area is 163 Å². The highest BCUT2D eigenvalue weighted by atomic mass is 19.4. The fraction of sp³-hybridized carbons (Fsp3) is 0.222. The van der Waals surface area contributed by atoms with Crippen molar-refractivity contribution in [2.24, 2.45) is 5.16 Å². The number of alkyl halides is 3. The predicted octanol–water partition coefficient (Wildman–Crippen LogP) is 3.44. The van der Waals surface area contributed by atoms with Crippen molar-refractivity contribution in [2.45, 2.75) is 26.3 Å². The SMILES string of the molecule is CC(=NOCc1ccc(C(F)(F)F)cc1)c1ccc(OCc2nn[nH]n2)cc1O. The van der Waals surface area contributed by atoms with Crippen LogP contribution in [0.1, 0.15) is 29.4 Å². The van der Waals surface area contributed by atoms with E-state index < -0.39 is 11.7 Å². The molecule has 0 aliphatic heterocycles. The van der Waals surface area contributed by atoms with Crippen LogP contribution in [-0.4, -0.2) is 31.4 Å². The largest absolute Gasteiger partial charge is 0.507 e. The van der Waals surface area contributed by atoms with Gasteiger partial charge in [-0.2, -0.15) is 18.4 Å². The number of nitrogens with one attached hydrogen (secondary N) is 1. The highest BCUT2D eigenvalue weighted by Gasteiger charge is 2.29. The van der Waals surface area contributed by atoms with Gasteiger partial charge in [0.05, 0.1) is 11.3 Å². The van der Waals surface area contributed by atoms with E-state index in [1.807, 2.05) is 0 Å². The number of oxime groups is 1. The van der Waals surface area contributed by atoms with E-state index in [4.69, 9.17) is 9.57 Å². The molecule has 3 rings (SSSR count). The molecule has 2 aromatic carbocycles. The van der Waals surface area contributed by atoms with E-state index in [-0.39, 0.29) is 19.0 Å². The monoisotopic (exact) mass is 407 g/mol. The van der Waals surface area contributed by atoms with Crippen molar-refractivity contribution in [1.82, 2.24) is 20.6 Å². The summed E-state index contributed by atoms with van der Waals surface area (Å²) < 4.78 is 43.1. The van der Waals surface area contributed by atoms with Crippen LogP contribution in [0, 0.1) is 0 Å². The van der Waals surface area contributed by atoms with E-state index in [2.05, 4.69) is 25.8 Å². The number of aromatic nitrogens is 4. The molecule has 0 spiro atoms. The zero-order chi connectivity index (χ0) is 20.9. The lowest BCUT2D eigenvalue weighted by Gasteiger charge is -2.09. The zero-order valence-electron chi connectivity index (χ0n) is 15.1. The van der Waals surface area contributed by atoms with Crippen LogP contribution in [0.3, 0.4) is 0 Å². The maximum Gasteiger partial charge on any atom is 0.416 e. The molecule has 1 heterocycles. The number of hydrogen-bond acceptors (Lipinski definition) is 7. The Bertz CT molecular complexity index is 973. The Kier molecular flexibility index (Phi) is 5.96. The molecular formula is C18H16F3N5O3. The second kappa shape index (κ2) is 8.59. The molecule has 0 unspecified atom stereocenters. The number of rotatable bonds is 7. The van der Waals surface area contributed by atoms with Gasteiger partial charge in [-0.1, -0.05) is 22.5 Å². The second-order valence-electron chi connectivity index (χ2n) is 5.94. The predicted molar refractivity (Wildman–Crippen MR) is 95.1 cm³/mol. The van der Waals surface area contributed by atoms with Crippen molar-refractivity contribution < 1.29 is 27.9 Å². The number of hydrogen-bond donors (Lipinski definition) is 2. The molecule has 11 heteroatoms. The summed E-state index contributed by atoms with van der Waals surface area (Å²) in [5.74, 6) is 0.687. The topological polar surface area (TPSA) is 106 Å². The molecule has 0 saturated carbocycles. The third-order valence-corrected chi connectivity index (χ3v) is 3.83. The van der Waals surface area contributed by atoms with Crippen LogP contribution in [0.4, 0.5) is 13.2 Å². The van der Waals surface area contributed by atoms with Crippen molar-refractivity contribution in [3.63, 3.8) is 0 Å². The lowest BCUT2D eigenvalue weighted by molar-refractivity contribution is -0.137. The van der Waals surface area contributed by atoms with E-state index in [1.54, 1.807) is 19.1 Å². The van der Waals surface area contributed by atoms with Crippen LogP contribution in [-0.2, 0) is 24.2 Å². The first-order chi connectivity index (χ1) is 13.8. The van der Waals surface area contributed by atoms with E-state index in [0.29, 0.717) is 28.4 Å². The number of halogens is 3. The molecule has 0 radical (unpaired) electrons. The highest BCUT2D eigenvalue weighted by Crippen LogP contribution is 2.29. The van der Waals surface area contributed by atoms with Gasteiger partial charge in [0.2, 0.25) is 5.82 Å². The lowest BCUT2D eigenvalue weighted by Crippen LogP contribution is -2.04. The first kappa shape index (κ1) is 20.1. The third kappa shape index (κ3) is 5.43. The Morgan fingerprint density at radius 2 is 1.90 bits per heavy atom. The lowest BCUT2D eigenvalue weighted by atomic mass is 10.1. The fourth-order valence-electron chi connectivity index (χ4n) is 2.34. The molecular weight excluding hydrogens is 391 g/mol. The normalized spacial score (nSPS) is 12.1. The number of benzene rings is 2. The van der Waals surface area contributed by atoms with Gasteiger partial charge in [0.1, 0.15) is 18.1 Å². The van der Waals surface area contributed by atoms with Crippen LogP contribution in [0.2, 0.25) is 0 Å². The van der Waals surface area contributed by atoms with E-state index in [0.717, 1.165) is 12.1 Å². The number of H-pyrrole nitrogens is 1. The number of aromatic amines is 1. The van der Waals surface area contributed by atoms with Crippen molar-refractivity contribution in [2.75, 3.05) is 0 Å². The molecule has 0 amide bonds. The molecule has 2 N–H and O–H groups in total. The van der Waals surface area contributed by atoms with E-state index >= 15 is 0 Å². The van der Waals surface area contributed by atoms with Gasteiger partial charge < -0.3 is 14.7 Å². The van der Waals surface area contributed by atoms with Gasteiger partial charge in [0.15, 0.2) is 6.61 Å². The summed E-state index contributed by atoms with van der Waals surface area (Å²) in [6, 6.07) is 9.24. The minimum atomic E-state index is -4.38. The van der Waals surface area contributed by atoms with Gasteiger partial charge in [-0.05, 0) is 36.8 Å². The summed E-state index contributed by atoms with van der Waals surface area (Å²) in [6.07, 6.45) is -4.38. The third-order valence-electron chi connectivity index (χ3n) is 3.83. The summed E-state index contributed by atoms with van der Waals surface area (Å²) >= 11 is 0. The highest BCUT2D eigenvalue weighted by molar-refractivity contribution is 6.00. The molecule has 0 bridgehead atoms. The Morgan fingerprint density at radius 1 is 1.14 bits per heavy atom. The fourth-order valence-corrected chi connectivity index (χ4v) is 2.34. The van der Waals surface area contributed by atoms with Crippen LogP contribution in [0.15, 0.2) is 47.6 Å². The number of tetrazole rings is 1. The molecule has 0 fully saturated rings. The summed E-state index contributed by atoms with van der Waals surface area (Å²) in [5.41, 5.74) is 0.611. The molecule has 29 heavy (non-hydrogen) atoms. The van der Waals surface area contributed by atoms with Gasteiger partial charge in [-0.15, -0.1) is 10.2 Å². The molecule has 0 saturated heterocycles. The molecule has 3 aromatic rings. The first-order valence-corrected chi connectivity index (χ1v) is 8.34. The van der Waals surface area contributed by atoms with Crippen molar-refractivity contribution >= 4 is 5.71 Å². The van der Waals surface area contributed by atoms with Gasteiger partial charge >= 0.3 is 6.18 Å². The molecule has 0 aliphatic carbocycles. The minimum Gasteiger partial charge on any atom is -0.507 e. The van der Waals surface area contributed by atoms with Crippen LogP contribution in [0.25, 0.3) is 0 Å². The first-order valence-electron chi connectivity index (χ1n) is 8.34. The maximum absolute atomic E-state index is 12.6. The number of aromatic hydroxyl groups is 1. The van der Waals surface area contributed by atoms with Crippen LogP contribution < -0.4 is 4.74 Å². The van der Waals surface area contributed by atoms with Gasteiger partial charge in [0.25, 0.3) is 0 Å². The second-order valence-corrected chi connectivity index (χ2v) is 5.94. The quantitative estimate of drug-likeness (QED) is 0.459. The number of nitrogens with zero attached hydrogens (tertiary/aromatic N) is 4. The Balaban J connectivity index is 1.57. The summed E-state index contributed by atoms with van der Waals surface area (Å²) in [5, 5.41) is 27.3. The van der Waals surface area contributed by atoms with Gasteiger partial charge in [-0.25, -0.2) is 0 Å². The van der Waals surface area contributed by atoms with Crippen LogP contribution in [0.5, 0.6) is 11.5 Å². The number of ether oxygens (including phenoxy) is 1. The minimum absolute atomic E-state index is 0.0118. The number of phenolic OH excluding ortho intramolecular Hbond substituents is 1. The molecule has 0 atom stereocenters. The van der Waals surface area contributed by atoms with E-state index in [1.165, 1.54) is 18.2 Å². The number of phenols is 1. The average molecular weight is 407 g/mol. The van der Waals surface area contributed by atoms with Crippen molar-refractivity contribution in [3.8, 4) is 11.5 Å². The van der Waals surface area contributed by atoms with Gasteiger partial charge in [-0.3, -0.25) is 0 Å². The summed E-state index contributed by atoms with van der Waals surface area (Å²) in [7, 11) is 0. The Hall–Kier alpha value is -3.63. The standard InChI is InChI=1S/C18H16F3N5O3/c1-11(24-29-9-12-2-4-13(5-3-12)18(19,20)21)15-7-6-14(8-16(15)27)28-10-17-22-25-26-23-17/h2-8,27H,9-10H2,1H3,(H,22,23,25,26). The van der Waals surface area contributed by atoms with Gasteiger partial charge in [0, 0.05) is 11.6 Å². The summed E-state index contributed by atoms with van der Waals surface area (Å²) in [6.45, 7) is 1.70. The van der Waals surface area contributed by atoms with Crippen molar-refractivity contribution in [3.05, 3.63) is 65.0 Å². The molecule has 1 aromatic heterocycles. The molecule has 152 valence electrons. The van der Waals surface area contributed by atoms with Crippen molar-refractivity contribution in [1.29, 1.82) is 0 Å². The molecule has 8 nitrogen and oxygen atoms in total. The van der Waals surface area contributed by atoms with E-state index in [9.17, 15) is 18.3 Å². The average Bonchev–Trinajstić information content (AvgIpc) is 3.19. The smallest absolute Gasteiger partial charge is 0.416 e.